The lowest BCUT2D eigenvalue weighted by molar-refractivity contribution is -0.117. The van der Waals surface area contributed by atoms with Crippen LogP contribution in [0, 0.1) is 0 Å². The predicted molar refractivity (Wildman–Crippen MR) is 57.0 cm³/mol. The first-order valence-electron chi connectivity index (χ1n) is 5.05. The standard InChI is InChI=1S/C11H11NO5/c13-4-3-12-11(15)10(14)7-1-2-8-9(5-7)17-6-16-8/h1-2,5,13H,3-4,6H2,(H,12,15). The number of nitrogens with one attached hydrogen (secondary N) is 1. The lowest BCUT2D eigenvalue weighted by Gasteiger charge is -2.03. The Morgan fingerprint density at radius 3 is 2.82 bits per heavy atom. The van der Waals surface area contributed by atoms with Crippen molar-refractivity contribution in [1.29, 1.82) is 0 Å². The zero-order valence-electron chi connectivity index (χ0n) is 8.93. The number of ketones is 1. The van der Waals surface area contributed by atoms with Crippen LogP contribution in [0.2, 0.25) is 0 Å². The maximum atomic E-state index is 11.7. The molecule has 0 fully saturated rings. The number of carbonyl (C=O) groups excluding carboxylic acids is 2. The van der Waals surface area contributed by atoms with E-state index in [1.54, 1.807) is 6.07 Å². The first-order valence-corrected chi connectivity index (χ1v) is 5.05. The summed E-state index contributed by atoms with van der Waals surface area (Å²) < 4.78 is 10.2. The van der Waals surface area contributed by atoms with Crippen molar-refractivity contribution in [2.24, 2.45) is 0 Å². The molecule has 0 aromatic heterocycles. The summed E-state index contributed by atoms with van der Waals surface area (Å²) in [5, 5.41) is 10.8. The summed E-state index contributed by atoms with van der Waals surface area (Å²) in [4.78, 5) is 23.0. The Morgan fingerprint density at radius 2 is 2.06 bits per heavy atom. The maximum absolute atomic E-state index is 11.7. The molecule has 1 aromatic rings. The van der Waals surface area contributed by atoms with Gasteiger partial charge in [-0.3, -0.25) is 9.59 Å². The first-order chi connectivity index (χ1) is 8.22. The zero-order valence-corrected chi connectivity index (χ0v) is 8.93. The van der Waals surface area contributed by atoms with Crippen molar-refractivity contribution in [1.82, 2.24) is 5.32 Å². The number of rotatable bonds is 4. The third-order valence-corrected chi connectivity index (χ3v) is 2.24. The molecular formula is C11H11NO5. The van der Waals surface area contributed by atoms with E-state index >= 15 is 0 Å². The van der Waals surface area contributed by atoms with E-state index in [0.717, 1.165) is 0 Å². The number of fused-ring (bicyclic) bond motifs is 1. The number of hydrogen-bond donors (Lipinski definition) is 2. The van der Waals surface area contributed by atoms with E-state index < -0.39 is 11.7 Å². The van der Waals surface area contributed by atoms with Gasteiger partial charge in [0, 0.05) is 12.1 Å². The fourth-order valence-corrected chi connectivity index (χ4v) is 1.42. The number of amides is 1. The second-order valence-corrected chi connectivity index (χ2v) is 3.38. The predicted octanol–water partition coefficient (Wildman–Crippen LogP) is -0.294. The number of aliphatic hydroxyl groups is 1. The Labute approximate surface area is 97.1 Å². The van der Waals surface area contributed by atoms with Crippen molar-refractivity contribution >= 4 is 11.7 Å². The van der Waals surface area contributed by atoms with E-state index in [1.807, 2.05) is 0 Å². The summed E-state index contributed by atoms with van der Waals surface area (Å²) in [6.45, 7) is -0.0427. The van der Waals surface area contributed by atoms with Crippen molar-refractivity contribution in [3.63, 3.8) is 0 Å². The molecule has 0 saturated heterocycles. The van der Waals surface area contributed by atoms with Gasteiger partial charge >= 0.3 is 0 Å². The van der Waals surface area contributed by atoms with Gasteiger partial charge in [0.15, 0.2) is 11.5 Å². The molecule has 2 rings (SSSR count). The highest BCUT2D eigenvalue weighted by atomic mass is 16.7. The summed E-state index contributed by atoms with van der Waals surface area (Å²) in [6.07, 6.45) is 0. The van der Waals surface area contributed by atoms with Crippen molar-refractivity contribution in [2.45, 2.75) is 0 Å². The van der Waals surface area contributed by atoms with Crippen molar-refractivity contribution in [3.8, 4) is 11.5 Å². The van der Waals surface area contributed by atoms with Crippen LogP contribution in [0.25, 0.3) is 0 Å². The summed E-state index contributed by atoms with van der Waals surface area (Å²) in [5.41, 5.74) is 0.227. The Kier molecular flexibility index (Phi) is 3.24. The van der Waals surface area contributed by atoms with Crippen LogP contribution < -0.4 is 14.8 Å². The van der Waals surface area contributed by atoms with Crippen LogP contribution in [0.15, 0.2) is 18.2 Å². The minimum Gasteiger partial charge on any atom is -0.454 e. The van der Waals surface area contributed by atoms with Gasteiger partial charge in [-0.25, -0.2) is 0 Å². The van der Waals surface area contributed by atoms with Gasteiger partial charge < -0.3 is 19.9 Å². The third kappa shape index (κ3) is 2.36. The van der Waals surface area contributed by atoms with Gasteiger partial charge in [-0.2, -0.15) is 0 Å². The molecule has 2 N–H and O–H groups in total. The molecule has 17 heavy (non-hydrogen) atoms. The van der Waals surface area contributed by atoms with Gasteiger partial charge in [0.2, 0.25) is 12.6 Å². The van der Waals surface area contributed by atoms with E-state index in [9.17, 15) is 9.59 Å². The molecule has 0 bridgehead atoms. The lowest BCUT2D eigenvalue weighted by atomic mass is 10.1. The number of hydrogen-bond acceptors (Lipinski definition) is 5. The molecule has 1 amide bonds. The zero-order chi connectivity index (χ0) is 12.3. The molecule has 0 saturated carbocycles. The van der Waals surface area contributed by atoms with Crippen molar-refractivity contribution in [3.05, 3.63) is 23.8 Å². The quantitative estimate of drug-likeness (QED) is 0.555. The minimum atomic E-state index is -0.752. The normalized spacial score (nSPS) is 12.3. The van der Waals surface area contributed by atoms with Crippen LogP contribution in [0.4, 0.5) is 0 Å². The van der Waals surface area contributed by atoms with E-state index in [-0.39, 0.29) is 25.5 Å². The van der Waals surface area contributed by atoms with Crippen LogP contribution >= 0.6 is 0 Å². The second-order valence-electron chi connectivity index (χ2n) is 3.38. The monoisotopic (exact) mass is 237 g/mol. The molecule has 0 unspecified atom stereocenters. The molecule has 0 aliphatic carbocycles. The van der Waals surface area contributed by atoms with E-state index in [4.69, 9.17) is 14.6 Å². The van der Waals surface area contributed by atoms with Crippen LogP contribution in [-0.2, 0) is 4.79 Å². The number of benzene rings is 1. The van der Waals surface area contributed by atoms with Crippen LogP contribution in [0.1, 0.15) is 10.4 Å². The molecule has 0 radical (unpaired) electrons. The SMILES string of the molecule is O=C(NCCO)C(=O)c1ccc2c(c1)OCO2. The topological polar surface area (TPSA) is 84.9 Å². The van der Waals surface area contributed by atoms with Gasteiger partial charge in [0.25, 0.3) is 5.91 Å². The fourth-order valence-electron chi connectivity index (χ4n) is 1.42. The Bertz CT molecular complexity index is 457. The Hall–Kier alpha value is -2.08. The van der Waals surface area contributed by atoms with Crippen molar-refractivity contribution in [2.75, 3.05) is 19.9 Å². The smallest absolute Gasteiger partial charge is 0.292 e. The largest absolute Gasteiger partial charge is 0.454 e. The molecule has 1 aliphatic heterocycles. The number of aliphatic hydroxyl groups excluding tert-OH is 1. The summed E-state index contributed by atoms with van der Waals surface area (Å²) in [6, 6.07) is 4.53. The van der Waals surface area contributed by atoms with Gasteiger partial charge in [0.05, 0.1) is 6.61 Å². The number of carbonyl (C=O) groups is 2. The van der Waals surface area contributed by atoms with E-state index in [0.29, 0.717) is 11.5 Å². The summed E-state index contributed by atoms with van der Waals surface area (Å²) in [5.74, 6) is -0.419. The molecule has 1 aliphatic rings. The number of Topliss-reactive ketones (excluding diaryl/α,β-unsaturated/α-hetero) is 1. The van der Waals surface area contributed by atoms with Gasteiger partial charge in [-0.1, -0.05) is 0 Å². The summed E-state index contributed by atoms with van der Waals surface area (Å²) in [7, 11) is 0. The van der Waals surface area contributed by atoms with Crippen molar-refractivity contribution < 1.29 is 24.2 Å². The molecule has 90 valence electrons. The molecule has 0 atom stereocenters. The van der Waals surface area contributed by atoms with E-state index in [2.05, 4.69) is 5.32 Å². The van der Waals surface area contributed by atoms with E-state index in [1.165, 1.54) is 12.1 Å². The minimum absolute atomic E-state index is 0.0507. The van der Waals surface area contributed by atoms with Crippen LogP contribution in [0.3, 0.4) is 0 Å². The highest BCUT2D eigenvalue weighted by molar-refractivity contribution is 6.42. The Morgan fingerprint density at radius 1 is 1.29 bits per heavy atom. The fraction of sp³-hybridized carbons (Fsp3) is 0.273. The van der Waals surface area contributed by atoms with Gasteiger partial charge in [-0.05, 0) is 18.2 Å². The lowest BCUT2D eigenvalue weighted by Crippen LogP contribution is -2.33. The average molecular weight is 237 g/mol. The number of ether oxygens (including phenoxy) is 2. The van der Waals surface area contributed by atoms with Gasteiger partial charge in [0.1, 0.15) is 0 Å². The molecular weight excluding hydrogens is 226 g/mol. The highest BCUT2D eigenvalue weighted by Gasteiger charge is 2.20. The second kappa shape index (κ2) is 4.84. The molecule has 1 aromatic carbocycles. The third-order valence-electron chi connectivity index (χ3n) is 2.24. The van der Waals surface area contributed by atoms with Crippen LogP contribution in [0.5, 0.6) is 11.5 Å². The molecule has 6 nitrogen and oxygen atoms in total. The Balaban J connectivity index is 2.12. The van der Waals surface area contributed by atoms with Gasteiger partial charge in [-0.15, -0.1) is 0 Å². The molecule has 6 heteroatoms. The maximum Gasteiger partial charge on any atom is 0.292 e. The first kappa shape index (κ1) is 11.4. The average Bonchev–Trinajstić information content (AvgIpc) is 2.81. The molecule has 0 spiro atoms. The van der Waals surface area contributed by atoms with Crippen LogP contribution in [-0.4, -0.2) is 36.7 Å². The summed E-state index contributed by atoms with van der Waals surface area (Å²) >= 11 is 0. The highest BCUT2D eigenvalue weighted by Crippen LogP contribution is 2.32. The molecule has 1 heterocycles.